The Hall–Kier alpha value is -2.45. The number of carbonyl (C=O) groups is 1. The van der Waals surface area contributed by atoms with E-state index < -0.39 is 16.1 Å². The Labute approximate surface area is 157 Å². The normalized spacial score (nSPS) is 10.9. The van der Waals surface area contributed by atoms with Crippen LogP contribution in [0.5, 0.6) is 11.5 Å². The van der Waals surface area contributed by atoms with E-state index in [1.807, 2.05) is 10.8 Å². The van der Waals surface area contributed by atoms with E-state index in [-0.39, 0.29) is 16.5 Å². The summed E-state index contributed by atoms with van der Waals surface area (Å²) in [5, 5.41) is 2.54. The number of sulfonamides is 1. The maximum atomic E-state index is 12.2. The van der Waals surface area contributed by atoms with Crippen LogP contribution in [0.1, 0.15) is 5.56 Å². The van der Waals surface area contributed by atoms with Crippen LogP contribution in [0.15, 0.2) is 47.4 Å². The second-order valence-electron chi connectivity index (χ2n) is 5.23. The van der Waals surface area contributed by atoms with Crippen molar-refractivity contribution in [2.75, 3.05) is 20.8 Å². The van der Waals surface area contributed by atoms with Gasteiger partial charge in [0.2, 0.25) is 0 Å². The molecule has 0 bridgehead atoms. The zero-order valence-electron chi connectivity index (χ0n) is 14.3. The number of methoxy groups -OCH3 is 2. The van der Waals surface area contributed by atoms with E-state index >= 15 is 0 Å². The minimum Gasteiger partial charge on any atom is -0.493 e. The van der Waals surface area contributed by atoms with Crippen LogP contribution in [-0.4, -0.2) is 35.2 Å². The van der Waals surface area contributed by atoms with Crippen LogP contribution >= 0.6 is 11.6 Å². The van der Waals surface area contributed by atoms with Crippen LogP contribution in [0, 0.1) is 0 Å². The molecule has 9 heteroatoms. The highest BCUT2D eigenvalue weighted by molar-refractivity contribution is 7.90. The molecule has 0 saturated carbocycles. The van der Waals surface area contributed by atoms with E-state index in [1.165, 1.54) is 25.3 Å². The predicted octanol–water partition coefficient (Wildman–Crippen LogP) is 2.59. The van der Waals surface area contributed by atoms with Gasteiger partial charge in [0.1, 0.15) is 4.90 Å². The van der Waals surface area contributed by atoms with Crippen LogP contribution in [0.3, 0.4) is 0 Å². The number of rotatable bonds is 7. The molecule has 0 aliphatic heterocycles. The van der Waals surface area contributed by atoms with E-state index in [1.54, 1.807) is 25.3 Å². The van der Waals surface area contributed by atoms with Crippen LogP contribution in [-0.2, 0) is 16.4 Å². The molecule has 0 saturated heterocycles. The highest BCUT2D eigenvalue weighted by Crippen LogP contribution is 2.27. The van der Waals surface area contributed by atoms with Crippen molar-refractivity contribution in [3.63, 3.8) is 0 Å². The average molecular weight is 399 g/mol. The third-order valence-corrected chi connectivity index (χ3v) is 5.33. The molecule has 7 nitrogen and oxygen atoms in total. The van der Waals surface area contributed by atoms with Gasteiger partial charge in [-0.25, -0.2) is 17.9 Å². The number of ether oxygens (including phenoxy) is 2. The summed E-state index contributed by atoms with van der Waals surface area (Å²) in [5.41, 5.74) is 0.900. The van der Waals surface area contributed by atoms with E-state index in [2.05, 4.69) is 5.32 Å². The first-order chi connectivity index (χ1) is 12.4. The molecule has 0 spiro atoms. The summed E-state index contributed by atoms with van der Waals surface area (Å²) in [4.78, 5) is 11.7. The molecule has 0 aromatic heterocycles. The van der Waals surface area contributed by atoms with Crippen molar-refractivity contribution in [3.8, 4) is 11.5 Å². The van der Waals surface area contributed by atoms with Crippen LogP contribution < -0.4 is 19.5 Å². The smallest absolute Gasteiger partial charge is 0.328 e. The molecule has 2 aromatic rings. The third kappa shape index (κ3) is 5.03. The Balaban J connectivity index is 1.92. The molecule has 0 radical (unpaired) electrons. The van der Waals surface area contributed by atoms with Gasteiger partial charge in [-0.2, -0.15) is 0 Å². The molecule has 0 fully saturated rings. The van der Waals surface area contributed by atoms with E-state index in [4.69, 9.17) is 21.1 Å². The lowest BCUT2D eigenvalue weighted by molar-refractivity contribution is 0.246. The highest BCUT2D eigenvalue weighted by atomic mass is 35.5. The zero-order valence-corrected chi connectivity index (χ0v) is 15.9. The first-order valence-corrected chi connectivity index (χ1v) is 9.49. The maximum absolute atomic E-state index is 12.2. The van der Waals surface area contributed by atoms with Crippen molar-refractivity contribution in [2.45, 2.75) is 11.3 Å². The van der Waals surface area contributed by atoms with Crippen molar-refractivity contribution in [3.05, 3.63) is 53.1 Å². The number of halogens is 1. The molecule has 0 heterocycles. The number of urea groups is 1. The Kier molecular flexibility index (Phi) is 6.70. The standard InChI is InChI=1S/C17H19ClN2O5S/c1-24-14-8-7-12(11-15(14)25-2)9-10-19-17(21)20-26(22,23)16-6-4-3-5-13(16)18/h3-8,11H,9-10H2,1-2H3,(H2,19,20,21). The van der Waals surface area contributed by atoms with E-state index in [9.17, 15) is 13.2 Å². The fraction of sp³-hybridized carbons (Fsp3) is 0.235. The summed E-state index contributed by atoms with van der Waals surface area (Å²) in [6.45, 7) is 0.235. The largest absolute Gasteiger partial charge is 0.493 e. The van der Waals surface area contributed by atoms with Crippen molar-refractivity contribution < 1.29 is 22.7 Å². The van der Waals surface area contributed by atoms with Gasteiger partial charge in [-0.3, -0.25) is 0 Å². The Morgan fingerprint density at radius 2 is 1.77 bits per heavy atom. The minimum atomic E-state index is -4.04. The Morgan fingerprint density at radius 3 is 2.42 bits per heavy atom. The Morgan fingerprint density at radius 1 is 1.08 bits per heavy atom. The second-order valence-corrected chi connectivity index (χ2v) is 7.29. The third-order valence-electron chi connectivity index (χ3n) is 3.50. The van der Waals surface area contributed by atoms with E-state index in [0.717, 1.165) is 5.56 Å². The molecular weight excluding hydrogens is 380 g/mol. The average Bonchev–Trinajstić information content (AvgIpc) is 2.61. The van der Waals surface area contributed by atoms with Gasteiger partial charge in [0.15, 0.2) is 11.5 Å². The first-order valence-electron chi connectivity index (χ1n) is 7.63. The van der Waals surface area contributed by atoms with Gasteiger partial charge < -0.3 is 14.8 Å². The predicted molar refractivity (Wildman–Crippen MR) is 98.4 cm³/mol. The fourth-order valence-electron chi connectivity index (χ4n) is 2.23. The lowest BCUT2D eigenvalue weighted by atomic mass is 10.1. The van der Waals surface area contributed by atoms with Crippen LogP contribution in [0.25, 0.3) is 0 Å². The van der Waals surface area contributed by atoms with Gasteiger partial charge in [0.25, 0.3) is 10.0 Å². The van der Waals surface area contributed by atoms with Crippen molar-refractivity contribution in [1.29, 1.82) is 0 Å². The number of carbonyl (C=O) groups excluding carboxylic acids is 1. The summed E-state index contributed by atoms with van der Waals surface area (Å²) < 4.78 is 36.6. The quantitative estimate of drug-likeness (QED) is 0.747. The molecule has 0 aliphatic carbocycles. The monoisotopic (exact) mass is 398 g/mol. The highest BCUT2D eigenvalue weighted by Gasteiger charge is 2.20. The second kappa shape index (κ2) is 8.77. The molecule has 0 atom stereocenters. The number of nitrogens with one attached hydrogen (secondary N) is 2. The summed E-state index contributed by atoms with van der Waals surface area (Å²) >= 11 is 5.86. The number of hydrogen-bond donors (Lipinski definition) is 2. The summed E-state index contributed by atoms with van der Waals surface area (Å²) in [6.07, 6.45) is 0.486. The molecule has 2 rings (SSSR count). The summed E-state index contributed by atoms with van der Waals surface area (Å²) in [7, 11) is -0.956. The topological polar surface area (TPSA) is 93.7 Å². The van der Waals surface area contributed by atoms with Gasteiger partial charge in [0.05, 0.1) is 19.2 Å². The summed E-state index contributed by atoms with van der Waals surface area (Å²) in [6, 6.07) is 10.4. The van der Waals surface area contributed by atoms with Gasteiger partial charge >= 0.3 is 6.03 Å². The molecule has 0 unspecified atom stereocenters. The lowest BCUT2D eigenvalue weighted by Crippen LogP contribution is -2.40. The van der Waals surface area contributed by atoms with Crippen molar-refractivity contribution in [2.24, 2.45) is 0 Å². The van der Waals surface area contributed by atoms with Gasteiger partial charge in [-0.1, -0.05) is 29.8 Å². The number of benzene rings is 2. The summed E-state index contributed by atoms with van der Waals surface area (Å²) in [5.74, 6) is 1.18. The molecule has 2 N–H and O–H groups in total. The van der Waals surface area contributed by atoms with Crippen molar-refractivity contribution >= 4 is 27.7 Å². The molecular formula is C17H19ClN2O5S. The lowest BCUT2D eigenvalue weighted by Gasteiger charge is -2.11. The zero-order chi connectivity index (χ0) is 19.2. The molecule has 2 aromatic carbocycles. The van der Waals surface area contributed by atoms with Gasteiger partial charge in [0, 0.05) is 6.54 Å². The first kappa shape index (κ1) is 19.9. The van der Waals surface area contributed by atoms with Gasteiger partial charge in [-0.15, -0.1) is 0 Å². The molecule has 2 amide bonds. The van der Waals surface area contributed by atoms with Gasteiger partial charge in [-0.05, 0) is 36.2 Å². The SMILES string of the molecule is COc1ccc(CCNC(=O)NS(=O)(=O)c2ccccc2Cl)cc1OC. The fourth-order valence-corrected chi connectivity index (χ4v) is 3.68. The number of hydrogen-bond acceptors (Lipinski definition) is 5. The molecule has 140 valence electrons. The van der Waals surface area contributed by atoms with E-state index in [0.29, 0.717) is 17.9 Å². The molecule has 26 heavy (non-hydrogen) atoms. The molecule has 0 aliphatic rings. The van der Waals surface area contributed by atoms with Crippen molar-refractivity contribution in [1.82, 2.24) is 10.0 Å². The number of amides is 2. The van der Waals surface area contributed by atoms with Crippen LogP contribution in [0.2, 0.25) is 5.02 Å². The van der Waals surface area contributed by atoms with Crippen LogP contribution in [0.4, 0.5) is 4.79 Å². The maximum Gasteiger partial charge on any atom is 0.328 e. The minimum absolute atomic E-state index is 0.0399. The Bertz CT molecular complexity index is 886.